The topological polar surface area (TPSA) is 72.1 Å². The van der Waals surface area contributed by atoms with Crippen LogP contribution in [0.2, 0.25) is 0 Å². The summed E-state index contributed by atoms with van der Waals surface area (Å²) >= 11 is 0. The molecule has 0 aliphatic rings. The number of alkyl halides is 3. The second kappa shape index (κ2) is 5.58. The first kappa shape index (κ1) is 13.4. The molecule has 0 atom stereocenters. The third-order valence-electron chi connectivity index (χ3n) is 1.86. The Morgan fingerprint density at radius 1 is 1.35 bits per heavy atom. The second-order valence-corrected chi connectivity index (χ2v) is 3.26. The number of nitrogens with two attached hydrogens (primary N) is 1. The standard InChI is InChI=1S/C9H11F3N4O/c10-9(11,12)5-16(2-1-13)8(17)7-3-14-6-15-4-7/h3-4,6H,1-2,5,13H2. The van der Waals surface area contributed by atoms with E-state index in [4.69, 9.17) is 5.73 Å². The Bertz CT molecular complexity index is 368. The molecule has 1 heterocycles. The first-order chi connectivity index (χ1) is 7.94. The molecule has 0 saturated heterocycles. The van der Waals surface area contributed by atoms with Gasteiger partial charge in [-0.25, -0.2) is 9.97 Å². The summed E-state index contributed by atoms with van der Waals surface area (Å²) in [5, 5.41) is 0. The summed E-state index contributed by atoms with van der Waals surface area (Å²) < 4.78 is 36.7. The van der Waals surface area contributed by atoms with Crippen molar-refractivity contribution in [1.82, 2.24) is 14.9 Å². The third-order valence-corrected chi connectivity index (χ3v) is 1.86. The predicted octanol–water partition coefficient (Wildman–Crippen LogP) is 0.440. The van der Waals surface area contributed by atoms with E-state index in [-0.39, 0.29) is 18.7 Å². The summed E-state index contributed by atoms with van der Waals surface area (Å²) in [5.41, 5.74) is 5.18. The number of aromatic nitrogens is 2. The molecule has 0 spiro atoms. The van der Waals surface area contributed by atoms with Gasteiger partial charge in [0.2, 0.25) is 0 Å². The minimum Gasteiger partial charge on any atom is -0.329 e. The van der Waals surface area contributed by atoms with Crippen LogP contribution in [0.25, 0.3) is 0 Å². The highest BCUT2D eigenvalue weighted by Crippen LogP contribution is 2.17. The fourth-order valence-electron chi connectivity index (χ4n) is 1.22. The Labute approximate surface area is 95.5 Å². The summed E-state index contributed by atoms with van der Waals surface area (Å²) in [6, 6.07) is 0. The Balaban J connectivity index is 2.81. The highest BCUT2D eigenvalue weighted by molar-refractivity contribution is 5.93. The number of nitrogens with zero attached hydrogens (tertiary/aromatic N) is 3. The molecule has 0 aromatic carbocycles. The Hall–Kier alpha value is -1.70. The molecule has 0 bridgehead atoms. The molecule has 1 amide bonds. The van der Waals surface area contributed by atoms with Crippen molar-refractivity contribution in [3.63, 3.8) is 0 Å². The van der Waals surface area contributed by atoms with Crippen molar-refractivity contribution < 1.29 is 18.0 Å². The molecule has 94 valence electrons. The average molecular weight is 248 g/mol. The van der Waals surface area contributed by atoms with Crippen molar-refractivity contribution in [2.75, 3.05) is 19.6 Å². The lowest BCUT2D eigenvalue weighted by Gasteiger charge is -2.22. The van der Waals surface area contributed by atoms with Gasteiger partial charge in [0.15, 0.2) is 0 Å². The van der Waals surface area contributed by atoms with Crippen LogP contribution in [0, 0.1) is 0 Å². The quantitative estimate of drug-likeness (QED) is 0.839. The number of amides is 1. The zero-order chi connectivity index (χ0) is 12.9. The van der Waals surface area contributed by atoms with Gasteiger partial charge >= 0.3 is 6.18 Å². The molecular formula is C9H11F3N4O. The highest BCUT2D eigenvalue weighted by atomic mass is 19.4. The van der Waals surface area contributed by atoms with Crippen molar-refractivity contribution in [3.8, 4) is 0 Å². The molecule has 0 radical (unpaired) electrons. The lowest BCUT2D eigenvalue weighted by molar-refractivity contribution is -0.140. The van der Waals surface area contributed by atoms with Crippen LogP contribution in [-0.2, 0) is 0 Å². The molecule has 0 fully saturated rings. The van der Waals surface area contributed by atoms with Crippen LogP contribution in [0.4, 0.5) is 13.2 Å². The molecule has 2 N–H and O–H groups in total. The molecule has 17 heavy (non-hydrogen) atoms. The van der Waals surface area contributed by atoms with Crippen LogP contribution in [0.15, 0.2) is 18.7 Å². The number of hydrogen-bond acceptors (Lipinski definition) is 4. The second-order valence-electron chi connectivity index (χ2n) is 3.26. The molecular weight excluding hydrogens is 237 g/mol. The van der Waals surface area contributed by atoms with Gasteiger partial charge in [-0.15, -0.1) is 0 Å². The van der Waals surface area contributed by atoms with Crippen LogP contribution in [0.5, 0.6) is 0 Å². The van der Waals surface area contributed by atoms with Crippen molar-refractivity contribution in [3.05, 3.63) is 24.3 Å². The molecule has 0 aliphatic carbocycles. The molecule has 1 aromatic rings. The predicted molar refractivity (Wildman–Crippen MR) is 53.0 cm³/mol. The fraction of sp³-hybridized carbons (Fsp3) is 0.444. The zero-order valence-electron chi connectivity index (χ0n) is 8.81. The average Bonchev–Trinajstić information content (AvgIpc) is 2.27. The SMILES string of the molecule is NCCN(CC(F)(F)F)C(=O)c1cncnc1. The van der Waals surface area contributed by atoms with Crippen LogP contribution in [-0.4, -0.2) is 46.6 Å². The van der Waals surface area contributed by atoms with E-state index in [0.29, 0.717) is 4.90 Å². The number of hydrogen-bond donors (Lipinski definition) is 1. The van der Waals surface area contributed by atoms with Gasteiger partial charge in [-0.3, -0.25) is 4.79 Å². The number of rotatable bonds is 4. The summed E-state index contributed by atoms with van der Waals surface area (Å²) in [7, 11) is 0. The molecule has 1 rings (SSSR count). The van der Waals surface area contributed by atoms with Gasteiger partial charge in [0.25, 0.3) is 5.91 Å². The molecule has 0 saturated carbocycles. The first-order valence-corrected chi connectivity index (χ1v) is 4.75. The normalized spacial score (nSPS) is 11.3. The van der Waals surface area contributed by atoms with E-state index in [2.05, 4.69) is 9.97 Å². The highest BCUT2D eigenvalue weighted by Gasteiger charge is 2.33. The number of halogens is 3. The maximum atomic E-state index is 12.2. The summed E-state index contributed by atoms with van der Waals surface area (Å²) in [5.74, 6) is -0.784. The van der Waals surface area contributed by atoms with Crippen LogP contribution >= 0.6 is 0 Å². The van der Waals surface area contributed by atoms with E-state index in [1.807, 2.05) is 0 Å². The largest absolute Gasteiger partial charge is 0.406 e. The van der Waals surface area contributed by atoms with E-state index in [1.165, 1.54) is 6.33 Å². The van der Waals surface area contributed by atoms with E-state index in [0.717, 1.165) is 12.4 Å². The smallest absolute Gasteiger partial charge is 0.329 e. The van der Waals surface area contributed by atoms with Gasteiger partial charge in [0.05, 0.1) is 5.56 Å². The van der Waals surface area contributed by atoms with Crippen LogP contribution < -0.4 is 5.73 Å². The Kier molecular flexibility index (Phi) is 4.38. The minimum absolute atomic E-state index is 0.00481. The summed E-state index contributed by atoms with van der Waals surface area (Å²) in [6.45, 7) is -1.55. The van der Waals surface area contributed by atoms with Gasteiger partial charge < -0.3 is 10.6 Å². The molecule has 8 heteroatoms. The minimum atomic E-state index is -4.46. The maximum Gasteiger partial charge on any atom is 0.406 e. The molecule has 0 aliphatic heterocycles. The number of carbonyl (C=O) groups is 1. The summed E-state index contributed by atoms with van der Waals surface area (Å²) in [4.78, 5) is 19.5. The Morgan fingerprint density at radius 2 is 1.94 bits per heavy atom. The van der Waals surface area contributed by atoms with E-state index in [9.17, 15) is 18.0 Å². The fourth-order valence-corrected chi connectivity index (χ4v) is 1.22. The first-order valence-electron chi connectivity index (χ1n) is 4.75. The maximum absolute atomic E-state index is 12.2. The van der Waals surface area contributed by atoms with Crippen molar-refractivity contribution >= 4 is 5.91 Å². The van der Waals surface area contributed by atoms with Crippen LogP contribution in [0.1, 0.15) is 10.4 Å². The third kappa shape index (κ3) is 4.35. The zero-order valence-corrected chi connectivity index (χ0v) is 8.81. The monoisotopic (exact) mass is 248 g/mol. The lowest BCUT2D eigenvalue weighted by atomic mass is 10.3. The van der Waals surface area contributed by atoms with Gasteiger partial charge in [0, 0.05) is 25.5 Å². The molecule has 1 aromatic heterocycles. The van der Waals surface area contributed by atoms with Crippen molar-refractivity contribution in [2.24, 2.45) is 5.73 Å². The van der Waals surface area contributed by atoms with E-state index >= 15 is 0 Å². The molecule has 0 unspecified atom stereocenters. The molecule has 5 nitrogen and oxygen atoms in total. The lowest BCUT2D eigenvalue weighted by Crippen LogP contribution is -2.41. The Morgan fingerprint density at radius 3 is 2.41 bits per heavy atom. The summed E-state index contributed by atoms with van der Waals surface area (Å²) in [6.07, 6.45) is -0.946. The number of carbonyl (C=O) groups excluding carboxylic acids is 1. The van der Waals surface area contributed by atoms with Gasteiger partial charge in [0.1, 0.15) is 12.9 Å². The van der Waals surface area contributed by atoms with E-state index in [1.54, 1.807) is 0 Å². The van der Waals surface area contributed by atoms with E-state index < -0.39 is 18.6 Å². The van der Waals surface area contributed by atoms with Crippen LogP contribution in [0.3, 0.4) is 0 Å². The van der Waals surface area contributed by atoms with Crippen molar-refractivity contribution in [1.29, 1.82) is 0 Å². The van der Waals surface area contributed by atoms with Gasteiger partial charge in [-0.05, 0) is 0 Å². The van der Waals surface area contributed by atoms with Gasteiger partial charge in [-0.2, -0.15) is 13.2 Å². The van der Waals surface area contributed by atoms with Crippen molar-refractivity contribution in [2.45, 2.75) is 6.18 Å². The van der Waals surface area contributed by atoms with Gasteiger partial charge in [-0.1, -0.05) is 0 Å².